The third-order valence-electron chi connectivity index (χ3n) is 3.12. The van der Waals surface area contributed by atoms with Crippen molar-refractivity contribution >= 4 is 15.7 Å². The summed E-state index contributed by atoms with van der Waals surface area (Å²) in [5.41, 5.74) is 0.278. The maximum atomic E-state index is 12.1. The van der Waals surface area contributed by atoms with E-state index in [-0.39, 0.29) is 23.1 Å². The molecule has 2 rings (SSSR count). The Hall–Kier alpha value is -1.50. The molecule has 19 heavy (non-hydrogen) atoms. The number of aryl methyl sites for hydroxylation is 2. The molecule has 2 heterocycles. The third kappa shape index (κ3) is 3.28. The van der Waals surface area contributed by atoms with Crippen LogP contribution in [0.5, 0.6) is 0 Å². The van der Waals surface area contributed by atoms with Gasteiger partial charge in [-0.1, -0.05) is 0 Å². The summed E-state index contributed by atoms with van der Waals surface area (Å²) < 4.78 is 23.0. The molecule has 0 aromatic carbocycles. The van der Waals surface area contributed by atoms with Gasteiger partial charge >= 0.3 is 0 Å². The molecule has 1 aliphatic rings. The van der Waals surface area contributed by atoms with E-state index >= 15 is 0 Å². The van der Waals surface area contributed by atoms with Gasteiger partial charge in [-0.2, -0.15) is 0 Å². The number of sulfone groups is 1. The van der Waals surface area contributed by atoms with Gasteiger partial charge in [0.05, 0.1) is 17.0 Å². The van der Waals surface area contributed by atoms with E-state index in [1.165, 1.54) is 0 Å². The summed E-state index contributed by atoms with van der Waals surface area (Å²) in [5.74, 6) is 0.267. The van der Waals surface area contributed by atoms with E-state index in [0.29, 0.717) is 17.9 Å². The molecule has 6 nitrogen and oxygen atoms in total. The second kappa shape index (κ2) is 4.56. The van der Waals surface area contributed by atoms with E-state index in [9.17, 15) is 13.2 Å². The van der Waals surface area contributed by atoms with Crippen molar-refractivity contribution in [2.24, 2.45) is 0 Å². The lowest BCUT2D eigenvalue weighted by molar-refractivity contribution is 0.0909. The molecule has 1 aromatic rings. The van der Waals surface area contributed by atoms with Crippen LogP contribution >= 0.6 is 0 Å². The second-order valence-corrected chi connectivity index (χ2v) is 7.48. The summed E-state index contributed by atoms with van der Waals surface area (Å²) in [5, 5.41) is 2.77. The first-order valence-corrected chi connectivity index (χ1v) is 7.87. The van der Waals surface area contributed by atoms with E-state index in [1.807, 2.05) is 0 Å². The Morgan fingerprint density at radius 2 is 2.05 bits per heavy atom. The van der Waals surface area contributed by atoms with Gasteiger partial charge in [-0.15, -0.1) is 0 Å². The van der Waals surface area contributed by atoms with Gasteiger partial charge in [0.1, 0.15) is 11.5 Å². The number of hydrogen-bond acceptors (Lipinski definition) is 5. The molecule has 104 valence electrons. The molecular weight excluding hydrogens is 266 g/mol. The van der Waals surface area contributed by atoms with Crippen LogP contribution in [0.15, 0.2) is 6.07 Å². The summed E-state index contributed by atoms with van der Waals surface area (Å²) in [4.78, 5) is 20.3. The van der Waals surface area contributed by atoms with Crippen LogP contribution in [0, 0.1) is 13.8 Å². The van der Waals surface area contributed by atoms with Crippen LogP contribution in [0.25, 0.3) is 0 Å². The van der Waals surface area contributed by atoms with Gasteiger partial charge < -0.3 is 5.32 Å². The van der Waals surface area contributed by atoms with Gasteiger partial charge in [-0.25, -0.2) is 18.4 Å². The number of hydrogen-bond donors (Lipinski definition) is 1. The highest BCUT2D eigenvalue weighted by Crippen LogP contribution is 2.23. The summed E-state index contributed by atoms with van der Waals surface area (Å²) in [6.07, 6.45) is 0.435. The molecule has 0 spiro atoms. The van der Waals surface area contributed by atoms with Crippen molar-refractivity contribution in [2.45, 2.75) is 32.7 Å². The number of nitrogens with zero attached hydrogens (tertiary/aromatic N) is 2. The van der Waals surface area contributed by atoms with Crippen LogP contribution in [-0.4, -0.2) is 41.3 Å². The smallest absolute Gasteiger partial charge is 0.270 e. The van der Waals surface area contributed by atoms with Gasteiger partial charge in [-0.3, -0.25) is 4.79 Å². The van der Waals surface area contributed by atoms with E-state index in [4.69, 9.17) is 0 Å². The minimum atomic E-state index is -3.05. The topological polar surface area (TPSA) is 89.0 Å². The van der Waals surface area contributed by atoms with Crippen LogP contribution in [0.3, 0.4) is 0 Å². The van der Waals surface area contributed by atoms with Crippen molar-refractivity contribution in [3.63, 3.8) is 0 Å². The molecule has 1 aliphatic heterocycles. The predicted molar refractivity (Wildman–Crippen MR) is 70.6 cm³/mol. The first-order chi connectivity index (χ1) is 8.69. The summed E-state index contributed by atoms with van der Waals surface area (Å²) in [7, 11) is -3.05. The highest BCUT2D eigenvalue weighted by Gasteiger charge is 2.39. The van der Waals surface area contributed by atoms with E-state index in [1.54, 1.807) is 26.8 Å². The number of aromatic nitrogens is 2. The zero-order valence-corrected chi connectivity index (χ0v) is 12.0. The minimum absolute atomic E-state index is 0.0191. The summed E-state index contributed by atoms with van der Waals surface area (Å²) in [6, 6.07) is 1.59. The van der Waals surface area contributed by atoms with Crippen LogP contribution in [0.2, 0.25) is 0 Å². The fourth-order valence-electron chi connectivity index (χ4n) is 2.28. The summed E-state index contributed by atoms with van der Waals surface area (Å²) >= 11 is 0. The summed E-state index contributed by atoms with van der Waals surface area (Å²) in [6.45, 7) is 5.25. The fraction of sp³-hybridized carbons (Fsp3) is 0.583. The van der Waals surface area contributed by atoms with Crippen molar-refractivity contribution < 1.29 is 13.2 Å². The highest BCUT2D eigenvalue weighted by atomic mass is 32.2. The van der Waals surface area contributed by atoms with Crippen LogP contribution in [0.4, 0.5) is 0 Å². The molecule has 1 aromatic heterocycles. The first-order valence-electron chi connectivity index (χ1n) is 6.04. The van der Waals surface area contributed by atoms with Crippen molar-refractivity contribution in [1.29, 1.82) is 0 Å². The standard InChI is InChI=1S/C12H17N3O3S/c1-8-6-10(14-9(2)13-8)11(16)15-12(3)4-5-19(17,18)7-12/h6H,4-5,7H2,1-3H3,(H,15,16)/t12-/m0/s1. The van der Waals surface area contributed by atoms with Gasteiger partial charge in [-0.05, 0) is 33.3 Å². The Bertz CT molecular complexity index is 607. The van der Waals surface area contributed by atoms with Gasteiger partial charge in [0.2, 0.25) is 0 Å². The lowest BCUT2D eigenvalue weighted by Crippen LogP contribution is -2.47. The van der Waals surface area contributed by atoms with E-state index in [2.05, 4.69) is 15.3 Å². The number of nitrogens with one attached hydrogen (secondary N) is 1. The molecule has 0 unspecified atom stereocenters. The third-order valence-corrected chi connectivity index (χ3v) is 5.02. The van der Waals surface area contributed by atoms with Crippen molar-refractivity contribution in [2.75, 3.05) is 11.5 Å². The van der Waals surface area contributed by atoms with Crippen molar-refractivity contribution in [1.82, 2.24) is 15.3 Å². The minimum Gasteiger partial charge on any atom is -0.344 e. The molecule has 1 saturated heterocycles. The predicted octanol–water partition coefficient (Wildman–Crippen LogP) is 0.400. The lowest BCUT2D eigenvalue weighted by Gasteiger charge is -2.23. The van der Waals surface area contributed by atoms with Crippen LogP contribution in [-0.2, 0) is 9.84 Å². The maximum absolute atomic E-state index is 12.1. The monoisotopic (exact) mass is 283 g/mol. The zero-order valence-electron chi connectivity index (χ0n) is 11.2. The molecule has 0 saturated carbocycles. The second-order valence-electron chi connectivity index (χ2n) is 5.30. The van der Waals surface area contributed by atoms with Gasteiger partial charge in [0, 0.05) is 5.69 Å². The number of rotatable bonds is 2. The number of amides is 1. The Kier molecular flexibility index (Phi) is 3.34. The zero-order chi connectivity index (χ0) is 14.3. The Morgan fingerprint density at radius 3 is 2.58 bits per heavy atom. The van der Waals surface area contributed by atoms with Gasteiger partial charge in [0.15, 0.2) is 9.84 Å². The highest BCUT2D eigenvalue weighted by molar-refractivity contribution is 7.91. The fourth-order valence-corrected chi connectivity index (χ4v) is 4.37. The van der Waals surface area contributed by atoms with Crippen LogP contribution in [0.1, 0.15) is 35.4 Å². The Balaban J connectivity index is 2.18. The number of carbonyl (C=O) groups is 1. The molecule has 0 aliphatic carbocycles. The van der Waals surface area contributed by atoms with Crippen molar-refractivity contribution in [3.05, 3.63) is 23.3 Å². The Morgan fingerprint density at radius 1 is 1.37 bits per heavy atom. The average Bonchev–Trinajstić information content (AvgIpc) is 2.51. The number of carbonyl (C=O) groups excluding carboxylic acids is 1. The van der Waals surface area contributed by atoms with Crippen molar-refractivity contribution in [3.8, 4) is 0 Å². The van der Waals surface area contributed by atoms with E-state index < -0.39 is 15.4 Å². The molecule has 1 atom stereocenters. The first kappa shape index (κ1) is 13.9. The molecule has 0 radical (unpaired) electrons. The largest absolute Gasteiger partial charge is 0.344 e. The molecule has 1 amide bonds. The molecule has 1 N–H and O–H groups in total. The maximum Gasteiger partial charge on any atom is 0.270 e. The SMILES string of the molecule is Cc1cc(C(=O)N[C@@]2(C)CCS(=O)(=O)C2)nc(C)n1. The lowest BCUT2D eigenvalue weighted by atomic mass is 10.0. The average molecular weight is 283 g/mol. The Labute approximate surface area is 112 Å². The molecular formula is C12H17N3O3S. The van der Waals surface area contributed by atoms with Gasteiger partial charge in [0.25, 0.3) is 5.91 Å². The van der Waals surface area contributed by atoms with E-state index in [0.717, 1.165) is 0 Å². The quantitative estimate of drug-likeness (QED) is 0.848. The normalized spacial score (nSPS) is 25.2. The molecule has 7 heteroatoms. The van der Waals surface area contributed by atoms with Crippen LogP contribution < -0.4 is 5.32 Å². The molecule has 1 fully saturated rings. The molecule has 0 bridgehead atoms.